The average Bonchev–Trinajstić information content (AvgIpc) is 2.71. The number of nitrogens with two attached hydrogens (primary N) is 1. The quantitative estimate of drug-likeness (QED) is 0.740. The Labute approximate surface area is 85.8 Å². The van der Waals surface area contributed by atoms with E-state index in [0.29, 0.717) is 6.04 Å². The van der Waals surface area contributed by atoms with Crippen molar-refractivity contribution in [2.24, 2.45) is 17.6 Å². The Morgan fingerprint density at radius 2 is 1.46 bits per heavy atom. The lowest BCUT2D eigenvalue weighted by atomic mass is 9.84. The minimum Gasteiger partial charge on any atom is -0.327 e. The van der Waals surface area contributed by atoms with Crippen LogP contribution >= 0.6 is 11.8 Å². The van der Waals surface area contributed by atoms with Crippen molar-refractivity contribution >= 4 is 11.8 Å². The van der Waals surface area contributed by atoms with E-state index in [9.17, 15) is 0 Å². The standard InChI is InChI=1S/C11H21NS/c12-11(9-3-1-2-4-9)10-5-7-13-8-6-10/h9-11H,1-8,12H2. The van der Waals surface area contributed by atoms with Crippen LogP contribution in [0.3, 0.4) is 0 Å². The molecule has 2 fully saturated rings. The highest BCUT2D eigenvalue weighted by Gasteiger charge is 2.29. The van der Waals surface area contributed by atoms with E-state index < -0.39 is 0 Å². The summed E-state index contributed by atoms with van der Waals surface area (Å²) in [5.41, 5.74) is 6.34. The molecule has 0 aromatic carbocycles. The third kappa shape index (κ3) is 2.41. The summed E-state index contributed by atoms with van der Waals surface area (Å²) < 4.78 is 0. The van der Waals surface area contributed by atoms with E-state index in [2.05, 4.69) is 11.8 Å². The topological polar surface area (TPSA) is 26.0 Å². The van der Waals surface area contributed by atoms with Gasteiger partial charge in [0.25, 0.3) is 0 Å². The molecule has 0 bridgehead atoms. The van der Waals surface area contributed by atoms with Gasteiger partial charge in [-0.3, -0.25) is 0 Å². The lowest BCUT2D eigenvalue weighted by Gasteiger charge is -2.31. The van der Waals surface area contributed by atoms with Crippen molar-refractivity contribution in [2.45, 2.75) is 44.6 Å². The van der Waals surface area contributed by atoms with Crippen LogP contribution in [0.1, 0.15) is 38.5 Å². The van der Waals surface area contributed by atoms with Gasteiger partial charge in [0.15, 0.2) is 0 Å². The van der Waals surface area contributed by atoms with E-state index in [0.717, 1.165) is 11.8 Å². The zero-order valence-corrected chi connectivity index (χ0v) is 9.19. The fourth-order valence-corrected chi connectivity index (χ4v) is 3.97. The van der Waals surface area contributed by atoms with Crippen molar-refractivity contribution in [3.05, 3.63) is 0 Å². The molecule has 1 aliphatic carbocycles. The van der Waals surface area contributed by atoms with Gasteiger partial charge in [-0.05, 0) is 49.0 Å². The van der Waals surface area contributed by atoms with Gasteiger partial charge < -0.3 is 5.73 Å². The molecule has 2 N–H and O–H groups in total. The second-order valence-electron chi connectivity index (χ2n) is 4.57. The average molecular weight is 199 g/mol. The van der Waals surface area contributed by atoms with Gasteiger partial charge >= 0.3 is 0 Å². The van der Waals surface area contributed by atoms with Crippen LogP contribution in [0.5, 0.6) is 0 Å². The first kappa shape index (κ1) is 9.85. The minimum absolute atomic E-state index is 0.531. The van der Waals surface area contributed by atoms with E-state index in [1.165, 1.54) is 50.0 Å². The largest absolute Gasteiger partial charge is 0.327 e. The molecule has 1 atom stereocenters. The molecule has 76 valence electrons. The van der Waals surface area contributed by atoms with Crippen LogP contribution in [0, 0.1) is 11.8 Å². The summed E-state index contributed by atoms with van der Waals surface area (Å²) in [4.78, 5) is 0. The highest BCUT2D eigenvalue weighted by Crippen LogP contribution is 2.34. The Kier molecular flexibility index (Phi) is 3.56. The van der Waals surface area contributed by atoms with Gasteiger partial charge in [0.2, 0.25) is 0 Å². The summed E-state index contributed by atoms with van der Waals surface area (Å²) in [6.07, 6.45) is 8.43. The second kappa shape index (κ2) is 4.70. The van der Waals surface area contributed by atoms with E-state index in [1.54, 1.807) is 0 Å². The lowest BCUT2D eigenvalue weighted by molar-refractivity contribution is 0.296. The molecular weight excluding hydrogens is 178 g/mol. The van der Waals surface area contributed by atoms with Gasteiger partial charge in [-0.2, -0.15) is 11.8 Å². The lowest BCUT2D eigenvalue weighted by Crippen LogP contribution is -2.38. The fraction of sp³-hybridized carbons (Fsp3) is 1.00. The molecule has 2 aliphatic rings. The zero-order valence-electron chi connectivity index (χ0n) is 8.37. The second-order valence-corrected chi connectivity index (χ2v) is 5.80. The molecule has 1 saturated heterocycles. The van der Waals surface area contributed by atoms with Gasteiger partial charge in [-0.1, -0.05) is 12.8 Å². The number of rotatable bonds is 2. The van der Waals surface area contributed by atoms with Crippen LogP contribution < -0.4 is 5.73 Å². The molecule has 1 saturated carbocycles. The fourth-order valence-electron chi connectivity index (χ4n) is 2.83. The monoisotopic (exact) mass is 199 g/mol. The van der Waals surface area contributed by atoms with Crippen molar-refractivity contribution in [2.75, 3.05) is 11.5 Å². The number of hydrogen-bond donors (Lipinski definition) is 1. The predicted molar refractivity (Wildman–Crippen MR) is 60.0 cm³/mol. The van der Waals surface area contributed by atoms with E-state index in [1.807, 2.05) is 0 Å². The van der Waals surface area contributed by atoms with Crippen molar-refractivity contribution in [1.82, 2.24) is 0 Å². The molecule has 1 aliphatic heterocycles. The molecule has 1 heterocycles. The van der Waals surface area contributed by atoms with Gasteiger partial charge in [-0.25, -0.2) is 0 Å². The molecule has 0 aromatic heterocycles. The van der Waals surface area contributed by atoms with Crippen molar-refractivity contribution in [3.8, 4) is 0 Å². The summed E-state index contributed by atoms with van der Waals surface area (Å²) in [5.74, 6) is 4.42. The van der Waals surface area contributed by atoms with E-state index in [-0.39, 0.29) is 0 Å². The van der Waals surface area contributed by atoms with E-state index >= 15 is 0 Å². The molecule has 1 unspecified atom stereocenters. The third-order valence-corrected chi connectivity index (χ3v) is 4.80. The third-order valence-electron chi connectivity index (χ3n) is 3.75. The first-order chi connectivity index (χ1) is 6.38. The number of hydrogen-bond acceptors (Lipinski definition) is 2. The van der Waals surface area contributed by atoms with Crippen molar-refractivity contribution in [3.63, 3.8) is 0 Å². The van der Waals surface area contributed by atoms with Crippen LogP contribution in [0.15, 0.2) is 0 Å². The minimum atomic E-state index is 0.531. The van der Waals surface area contributed by atoms with Gasteiger partial charge in [-0.15, -0.1) is 0 Å². The zero-order chi connectivity index (χ0) is 9.10. The smallest absolute Gasteiger partial charge is 0.00962 e. The van der Waals surface area contributed by atoms with Crippen LogP contribution in [-0.2, 0) is 0 Å². The predicted octanol–water partition coefficient (Wildman–Crippen LogP) is 2.65. The maximum Gasteiger partial charge on any atom is 0.00962 e. The first-order valence-corrected chi connectivity index (χ1v) is 6.87. The molecule has 1 nitrogen and oxygen atoms in total. The van der Waals surface area contributed by atoms with Crippen LogP contribution in [-0.4, -0.2) is 17.5 Å². The summed E-state index contributed by atoms with van der Waals surface area (Å²) >= 11 is 2.10. The first-order valence-electron chi connectivity index (χ1n) is 5.71. The Hall–Kier alpha value is 0.310. The number of thioether (sulfide) groups is 1. The Morgan fingerprint density at radius 1 is 0.923 bits per heavy atom. The maximum absolute atomic E-state index is 6.34. The molecule has 13 heavy (non-hydrogen) atoms. The van der Waals surface area contributed by atoms with E-state index in [4.69, 9.17) is 5.73 Å². The molecule has 0 aromatic rings. The van der Waals surface area contributed by atoms with Gasteiger partial charge in [0, 0.05) is 6.04 Å². The van der Waals surface area contributed by atoms with Crippen molar-refractivity contribution in [1.29, 1.82) is 0 Å². The van der Waals surface area contributed by atoms with Crippen LogP contribution in [0.2, 0.25) is 0 Å². The normalized spacial score (nSPS) is 29.3. The molecule has 0 amide bonds. The Balaban J connectivity index is 1.83. The summed E-state index contributed by atoms with van der Waals surface area (Å²) in [6, 6.07) is 0.531. The molecule has 2 heteroatoms. The summed E-state index contributed by atoms with van der Waals surface area (Å²) in [7, 11) is 0. The summed E-state index contributed by atoms with van der Waals surface area (Å²) in [5, 5.41) is 0. The maximum atomic E-state index is 6.34. The SMILES string of the molecule is NC(C1CCCC1)C1CCSCC1. The van der Waals surface area contributed by atoms with Gasteiger partial charge in [0.1, 0.15) is 0 Å². The Morgan fingerprint density at radius 3 is 2.08 bits per heavy atom. The summed E-state index contributed by atoms with van der Waals surface area (Å²) in [6.45, 7) is 0. The molecule has 2 rings (SSSR count). The highest BCUT2D eigenvalue weighted by atomic mass is 32.2. The Bertz CT molecular complexity index is 148. The molecule has 0 radical (unpaired) electrons. The van der Waals surface area contributed by atoms with Gasteiger partial charge in [0.05, 0.1) is 0 Å². The van der Waals surface area contributed by atoms with Crippen LogP contribution in [0.25, 0.3) is 0 Å². The van der Waals surface area contributed by atoms with Crippen molar-refractivity contribution < 1.29 is 0 Å². The highest BCUT2D eigenvalue weighted by molar-refractivity contribution is 7.99. The molecule has 0 spiro atoms. The van der Waals surface area contributed by atoms with Crippen LogP contribution in [0.4, 0.5) is 0 Å². The molecular formula is C11H21NS.